The van der Waals surface area contributed by atoms with Crippen molar-refractivity contribution in [2.45, 2.75) is 297 Å². The fraction of sp³-hybridized carbons (Fsp3) is 0.696. The molecule has 0 saturated carbocycles. The molecular weight excluding hydrogens is 925 g/mol. The maximum Gasteiger partial charge on any atom is 0.306 e. The molecule has 0 fully saturated rings. The minimum Gasteiger partial charge on any atom is -0.462 e. The molecule has 0 amide bonds. The Morgan fingerprint density at radius 2 is 0.520 bits per heavy atom. The first-order valence-electron chi connectivity index (χ1n) is 31.4. The molecule has 1 unspecified atom stereocenters. The molecule has 1 atom stereocenters. The molecule has 0 aliphatic carbocycles. The van der Waals surface area contributed by atoms with Crippen LogP contribution in [-0.4, -0.2) is 37.2 Å². The summed E-state index contributed by atoms with van der Waals surface area (Å²) in [6.45, 7) is 6.41. The van der Waals surface area contributed by atoms with Crippen LogP contribution in [0.1, 0.15) is 290 Å². The van der Waals surface area contributed by atoms with E-state index in [1.165, 1.54) is 122 Å². The Bertz CT molecular complexity index is 1520. The van der Waals surface area contributed by atoms with E-state index in [4.69, 9.17) is 14.2 Å². The van der Waals surface area contributed by atoms with Gasteiger partial charge in [0.15, 0.2) is 6.10 Å². The standard InChI is InChI=1S/C69H116O6/c1-4-7-10-13-16-19-22-24-26-28-30-32-33-34-35-37-38-40-42-44-47-50-53-56-59-62-68(71)74-65-66(64-73-67(70)61-58-55-52-49-46-21-18-15-12-9-6-3)75-69(72)63-60-57-54-51-48-45-43-41-39-36-31-29-27-25-23-20-17-14-11-8-5-2/h7-8,10-11,16-17,19-20,24-27,30-32,34-36,66H,4-6,9,12-15,18,21-23,28-29,33,37-65H2,1-3H3/b10-7-,11-8-,19-16-,20-17-,26-24-,27-25-,32-30-,35-34-,36-31-. The molecule has 0 heterocycles. The predicted octanol–water partition coefficient (Wildman–Crippen LogP) is 21.4. The smallest absolute Gasteiger partial charge is 0.306 e. The van der Waals surface area contributed by atoms with E-state index in [9.17, 15) is 14.4 Å². The monoisotopic (exact) mass is 1040 g/mol. The van der Waals surface area contributed by atoms with E-state index in [0.717, 1.165) is 128 Å². The summed E-state index contributed by atoms with van der Waals surface area (Å²) in [4.78, 5) is 38.3. The van der Waals surface area contributed by atoms with Crippen LogP contribution in [-0.2, 0) is 28.6 Å². The number of ether oxygens (including phenoxy) is 3. The van der Waals surface area contributed by atoms with Crippen LogP contribution in [0, 0.1) is 0 Å². The zero-order chi connectivity index (χ0) is 54.3. The van der Waals surface area contributed by atoms with Crippen molar-refractivity contribution in [1.82, 2.24) is 0 Å². The number of carbonyl (C=O) groups is 3. The van der Waals surface area contributed by atoms with Crippen LogP contribution in [0.3, 0.4) is 0 Å². The van der Waals surface area contributed by atoms with Crippen molar-refractivity contribution in [3.63, 3.8) is 0 Å². The molecule has 428 valence electrons. The third-order valence-electron chi connectivity index (χ3n) is 13.3. The van der Waals surface area contributed by atoms with E-state index >= 15 is 0 Å². The Labute approximate surface area is 463 Å². The van der Waals surface area contributed by atoms with Gasteiger partial charge in [-0.1, -0.05) is 278 Å². The zero-order valence-electron chi connectivity index (χ0n) is 49.0. The molecule has 0 radical (unpaired) electrons. The summed E-state index contributed by atoms with van der Waals surface area (Å²) in [6.07, 6.45) is 85.2. The average Bonchev–Trinajstić information content (AvgIpc) is 3.41. The van der Waals surface area contributed by atoms with Gasteiger partial charge in [-0.25, -0.2) is 0 Å². The van der Waals surface area contributed by atoms with E-state index in [1.807, 2.05) is 0 Å². The summed E-state index contributed by atoms with van der Waals surface area (Å²) in [5, 5.41) is 0. The molecule has 0 spiro atoms. The lowest BCUT2D eigenvalue weighted by Crippen LogP contribution is -2.30. The van der Waals surface area contributed by atoms with E-state index in [0.29, 0.717) is 19.3 Å². The normalized spacial score (nSPS) is 12.8. The second-order valence-electron chi connectivity index (χ2n) is 20.6. The highest BCUT2D eigenvalue weighted by Crippen LogP contribution is 2.16. The van der Waals surface area contributed by atoms with Crippen LogP contribution in [0.2, 0.25) is 0 Å². The van der Waals surface area contributed by atoms with Crippen LogP contribution in [0.5, 0.6) is 0 Å². The van der Waals surface area contributed by atoms with Gasteiger partial charge in [-0.2, -0.15) is 0 Å². The van der Waals surface area contributed by atoms with Crippen molar-refractivity contribution >= 4 is 17.9 Å². The Hall–Kier alpha value is -3.93. The number of hydrogen-bond donors (Lipinski definition) is 0. The first-order chi connectivity index (χ1) is 37.0. The molecule has 0 aliphatic heterocycles. The maximum atomic E-state index is 12.9. The zero-order valence-corrected chi connectivity index (χ0v) is 49.0. The molecule has 6 nitrogen and oxygen atoms in total. The highest BCUT2D eigenvalue weighted by atomic mass is 16.6. The Balaban J connectivity index is 4.32. The van der Waals surface area contributed by atoms with E-state index in [1.54, 1.807) is 0 Å². The molecule has 0 N–H and O–H groups in total. The SMILES string of the molecule is CC/C=C\C/C=C\C/C=C\C/C=C\C/C=C\CCCCCCCCCCCC(=O)OCC(COC(=O)CCCCCCCCCCCCC)OC(=O)CCCCCCCCCC/C=C\C/C=C\C/C=C\C/C=C\CC. The van der Waals surface area contributed by atoms with Crippen LogP contribution in [0.4, 0.5) is 0 Å². The average molecular weight is 1040 g/mol. The van der Waals surface area contributed by atoms with E-state index < -0.39 is 6.10 Å². The van der Waals surface area contributed by atoms with E-state index in [-0.39, 0.29) is 31.1 Å². The van der Waals surface area contributed by atoms with Gasteiger partial charge in [-0.3, -0.25) is 14.4 Å². The molecular formula is C69H116O6. The summed E-state index contributed by atoms with van der Waals surface area (Å²) >= 11 is 0. The summed E-state index contributed by atoms with van der Waals surface area (Å²) in [7, 11) is 0. The molecule has 0 aromatic heterocycles. The molecule has 6 heteroatoms. The highest BCUT2D eigenvalue weighted by Gasteiger charge is 2.19. The molecule has 0 bridgehead atoms. The van der Waals surface area contributed by atoms with Gasteiger partial charge in [0.25, 0.3) is 0 Å². The second kappa shape index (κ2) is 62.6. The Kier molecular flexibility index (Phi) is 59.3. The fourth-order valence-electron chi connectivity index (χ4n) is 8.64. The summed E-state index contributed by atoms with van der Waals surface area (Å²) < 4.78 is 16.9. The minimum atomic E-state index is -0.786. The number of hydrogen-bond acceptors (Lipinski definition) is 6. The highest BCUT2D eigenvalue weighted by molar-refractivity contribution is 5.71. The Morgan fingerprint density at radius 3 is 0.813 bits per heavy atom. The van der Waals surface area contributed by atoms with Crippen molar-refractivity contribution in [2.24, 2.45) is 0 Å². The van der Waals surface area contributed by atoms with Crippen LogP contribution in [0.15, 0.2) is 109 Å². The lowest BCUT2D eigenvalue weighted by Gasteiger charge is -2.18. The van der Waals surface area contributed by atoms with Gasteiger partial charge >= 0.3 is 17.9 Å². The van der Waals surface area contributed by atoms with Gasteiger partial charge in [-0.15, -0.1) is 0 Å². The molecule has 0 aromatic rings. The van der Waals surface area contributed by atoms with Crippen molar-refractivity contribution in [1.29, 1.82) is 0 Å². The van der Waals surface area contributed by atoms with Gasteiger partial charge in [0.1, 0.15) is 13.2 Å². The quantitative estimate of drug-likeness (QED) is 0.0261. The first-order valence-corrected chi connectivity index (χ1v) is 31.4. The number of unbranched alkanes of at least 4 members (excludes halogenated alkanes) is 27. The van der Waals surface area contributed by atoms with E-state index in [2.05, 4.69) is 130 Å². The van der Waals surface area contributed by atoms with Crippen LogP contribution >= 0.6 is 0 Å². The van der Waals surface area contributed by atoms with Gasteiger partial charge < -0.3 is 14.2 Å². The molecule has 0 aliphatic rings. The van der Waals surface area contributed by atoms with Crippen LogP contribution < -0.4 is 0 Å². The third-order valence-corrected chi connectivity index (χ3v) is 13.3. The molecule has 0 rings (SSSR count). The number of esters is 3. The van der Waals surface area contributed by atoms with Crippen molar-refractivity contribution < 1.29 is 28.6 Å². The number of carbonyl (C=O) groups excluding carboxylic acids is 3. The second-order valence-corrected chi connectivity index (χ2v) is 20.6. The largest absolute Gasteiger partial charge is 0.462 e. The van der Waals surface area contributed by atoms with Gasteiger partial charge in [-0.05, 0) is 103 Å². The number of rotatable bonds is 56. The maximum absolute atomic E-state index is 12.9. The first kappa shape index (κ1) is 71.1. The van der Waals surface area contributed by atoms with Gasteiger partial charge in [0.2, 0.25) is 0 Å². The molecule has 0 saturated heterocycles. The summed E-state index contributed by atoms with van der Waals surface area (Å²) in [5.74, 6) is -0.890. The lowest BCUT2D eigenvalue weighted by atomic mass is 10.1. The Morgan fingerprint density at radius 1 is 0.280 bits per heavy atom. The minimum absolute atomic E-state index is 0.0818. The topological polar surface area (TPSA) is 78.9 Å². The summed E-state index contributed by atoms with van der Waals surface area (Å²) in [5.41, 5.74) is 0. The molecule has 0 aromatic carbocycles. The van der Waals surface area contributed by atoms with Gasteiger partial charge in [0.05, 0.1) is 0 Å². The molecule has 75 heavy (non-hydrogen) atoms. The third kappa shape index (κ3) is 60.8. The van der Waals surface area contributed by atoms with Crippen molar-refractivity contribution in [2.75, 3.05) is 13.2 Å². The van der Waals surface area contributed by atoms with Crippen molar-refractivity contribution in [3.8, 4) is 0 Å². The summed E-state index contributed by atoms with van der Waals surface area (Å²) in [6, 6.07) is 0. The van der Waals surface area contributed by atoms with Gasteiger partial charge in [0, 0.05) is 19.3 Å². The van der Waals surface area contributed by atoms with Crippen LogP contribution in [0.25, 0.3) is 0 Å². The number of allylic oxidation sites excluding steroid dienone is 18. The predicted molar refractivity (Wildman–Crippen MR) is 325 cm³/mol. The van der Waals surface area contributed by atoms with Crippen molar-refractivity contribution in [3.05, 3.63) is 109 Å². The lowest BCUT2D eigenvalue weighted by molar-refractivity contribution is -0.167. The fourth-order valence-corrected chi connectivity index (χ4v) is 8.64.